The first-order chi connectivity index (χ1) is 14.4. The summed E-state index contributed by atoms with van der Waals surface area (Å²) >= 11 is 0. The van der Waals surface area contributed by atoms with Gasteiger partial charge < -0.3 is 15.7 Å². The topological polar surface area (TPSA) is 100.0 Å². The molecule has 0 spiro atoms. The molecular formula is C23H33N4O3+. The van der Waals surface area contributed by atoms with E-state index in [0.29, 0.717) is 39.2 Å². The number of aliphatic imine (C=N–C) groups is 1. The molecule has 0 bridgehead atoms. The van der Waals surface area contributed by atoms with E-state index < -0.39 is 6.03 Å². The van der Waals surface area contributed by atoms with Crippen LogP contribution in [-0.2, 0) is 0 Å². The predicted molar refractivity (Wildman–Crippen MR) is 122 cm³/mol. The van der Waals surface area contributed by atoms with Crippen LogP contribution >= 0.6 is 0 Å². The summed E-state index contributed by atoms with van der Waals surface area (Å²) in [6, 6.07) is 2.96. The molecule has 0 atom stereocenters. The molecule has 162 valence electrons. The summed E-state index contributed by atoms with van der Waals surface area (Å²) in [6.07, 6.45) is 12.5. The number of urea groups is 1. The Balaban J connectivity index is 2.30. The second-order valence-corrected chi connectivity index (χ2v) is 7.67. The number of hydrogen-bond acceptors (Lipinski definition) is 5. The van der Waals surface area contributed by atoms with Crippen molar-refractivity contribution in [3.05, 3.63) is 42.5 Å². The van der Waals surface area contributed by atoms with Crippen LogP contribution in [0.2, 0.25) is 0 Å². The number of anilines is 2. The minimum absolute atomic E-state index is 0.0801. The maximum Gasteiger partial charge on any atom is 0.535 e. The van der Waals surface area contributed by atoms with Crippen LogP contribution in [0.4, 0.5) is 16.2 Å². The molecule has 0 saturated heterocycles. The van der Waals surface area contributed by atoms with E-state index in [1.54, 1.807) is 36.6 Å². The van der Waals surface area contributed by atoms with Crippen molar-refractivity contribution in [1.82, 2.24) is 0 Å². The second-order valence-electron chi connectivity index (χ2n) is 7.67. The lowest BCUT2D eigenvalue weighted by atomic mass is 9.96. The number of allylic oxidation sites excluding steroid dienone is 3. The Morgan fingerprint density at radius 2 is 2.07 bits per heavy atom. The molecule has 1 fully saturated rings. The minimum atomic E-state index is -0.703. The highest BCUT2D eigenvalue weighted by Gasteiger charge is 2.24. The number of hydrogen-bond donors (Lipinski definition) is 3. The number of rotatable bonds is 7. The smallest absolute Gasteiger partial charge is 0.492 e. The SMILES string of the molecule is C=C/C=C\C(C(C)C)=[N+](\O)C(=O)Nc1cc(C=NC2CCCCC2)c(N)cc1OC. The number of nitrogens with two attached hydrogens (primary N) is 1. The number of nitrogens with one attached hydrogen (secondary N) is 1. The van der Waals surface area contributed by atoms with Gasteiger partial charge in [-0.15, -0.1) is 0 Å². The lowest BCUT2D eigenvalue weighted by Gasteiger charge is -2.17. The zero-order valence-electron chi connectivity index (χ0n) is 18.1. The number of carbonyl (C=O) groups excluding carboxylic acids is 1. The van der Waals surface area contributed by atoms with E-state index in [-0.39, 0.29) is 5.92 Å². The van der Waals surface area contributed by atoms with Gasteiger partial charge in [-0.2, -0.15) is 10.1 Å². The Morgan fingerprint density at radius 3 is 2.67 bits per heavy atom. The Hall–Kier alpha value is -3.09. The molecule has 30 heavy (non-hydrogen) atoms. The molecule has 1 saturated carbocycles. The quantitative estimate of drug-likeness (QED) is 0.114. The molecule has 1 aromatic rings. The molecule has 2 rings (SSSR count). The Morgan fingerprint density at radius 1 is 1.37 bits per heavy atom. The summed E-state index contributed by atoms with van der Waals surface area (Å²) in [4.78, 5) is 17.3. The van der Waals surface area contributed by atoms with Gasteiger partial charge >= 0.3 is 6.03 Å². The third kappa shape index (κ3) is 6.20. The molecule has 0 unspecified atom stereocenters. The predicted octanol–water partition coefficient (Wildman–Crippen LogP) is 4.80. The maximum absolute atomic E-state index is 12.7. The Bertz CT molecular complexity index is 850. The first kappa shape index (κ1) is 23.2. The monoisotopic (exact) mass is 413 g/mol. The fourth-order valence-corrected chi connectivity index (χ4v) is 3.37. The molecule has 0 radical (unpaired) electrons. The van der Waals surface area contributed by atoms with E-state index in [2.05, 4.69) is 16.9 Å². The van der Waals surface area contributed by atoms with Crippen molar-refractivity contribution in [2.45, 2.75) is 52.0 Å². The average molecular weight is 414 g/mol. The van der Waals surface area contributed by atoms with Crippen molar-refractivity contribution in [1.29, 1.82) is 0 Å². The summed E-state index contributed by atoms with van der Waals surface area (Å²) in [5, 5.41) is 13.1. The normalized spacial score (nSPS) is 16.1. The van der Waals surface area contributed by atoms with Crippen molar-refractivity contribution >= 4 is 29.3 Å². The first-order valence-electron chi connectivity index (χ1n) is 10.3. The molecule has 7 heteroatoms. The molecule has 0 aliphatic heterocycles. The molecule has 1 aliphatic carbocycles. The van der Waals surface area contributed by atoms with E-state index in [9.17, 15) is 10.0 Å². The largest absolute Gasteiger partial charge is 0.535 e. The number of carbonyl (C=O) groups is 1. The van der Waals surface area contributed by atoms with Crippen LogP contribution in [0.3, 0.4) is 0 Å². The van der Waals surface area contributed by atoms with E-state index in [0.717, 1.165) is 12.8 Å². The fraction of sp³-hybridized carbons (Fsp3) is 0.435. The first-order valence-corrected chi connectivity index (χ1v) is 10.3. The van der Waals surface area contributed by atoms with E-state index in [1.807, 2.05) is 13.8 Å². The summed E-state index contributed by atoms with van der Waals surface area (Å²) in [5.74, 6) is 0.320. The van der Waals surface area contributed by atoms with Gasteiger partial charge in [-0.05, 0) is 29.7 Å². The molecule has 1 aromatic carbocycles. The van der Waals surface area contributed by atoms with Crippen LogP contribution in [0.5, 0.6) is 5.75 Å². The lowest BCUT2D eigenvalue weighted by molar-refractivity contribution is -0.697. The van der Waals surface area contributed by atoms with Gasteiger partial charge in [-0.3, -0.25) is 4.99 Å². The van der Waals surface area contributed by atoms with Gasteiger partial charge in [0, 0.05) is 35.5 Å². The number of methoxy groups -OCH3 is 1. The molecule has 4 N–H and O–H groups in total. The number of nitrogen functional groups attached to an aromatic ring is 1. The van der Waals surface area contributed by atoms with Crippen LogP contribution < -0.4 is 15.8 Å². The second kappa shape index (κ2) is 11.2. The Labute approximate surface area is 178 Å². The van der Waals surface area contributed by atoms with Crippen LogP contribution in [-0.4, -0.2) is 41.1 Å². The summed E-state index contributed by atoms with van der Waals surface area (Å²) in [7, 11) is 1.50. The van der Waals surface area contributed by atoms with Gasteiger partial charge in [-0.25, -0.2) is 0 Å². The van der Waals surface area contributed by atoms with Gasteiger partial charge in [-0.1, -0.05) is 51.8 Å². The molecule has 2 amide bonds. The molecule has 0 aromatic heterocycles. The Kier molecular flexibility index (Phi) is 8.65. The highest BCUT2D eigenvalue weighted by molar-refractivity contribution is 5.98. The zero-order chi connectivity index (χ0) is 22.1. The van der Waals surface area contributed by atoms with Crippen LogP contribution in [0, 0.1) is 5.92 Å². The third-order valence-electron chi connectivity index (χ3n) is 5.08. The van der Waals surface area contributed by atoms with Crippen molar-refractivity contribution in [2.75, 3.05) is 18.2 Å². The average Bonchev–Trinajstić information content (AvgIpc) is 2.74. The van der Waals surface area contributed by atoms with Crippen molar-refractivity contribution in [3.8, 4) is 5.75 Å². The fourth-order valence-electron chi connectivity index (χ4n) is 3.37. The van der Waals surface area contributed by atoms with Gasteiger partial charge in [0.05, 0.1) is 7.11 Å². The van der Waals surface area contributed by atoms with Gasteiger partial charge in [0.2, 0.25) is 0 Å². The van der Waals surface area contributed by atoms with Crippen molar-refractivity contribution < 1.29 is 19.5 Å². The van der Waals surface area contributed by atoms with Gasteiger partial charge in [0.1, 0.15) is 0 Å². The van der Waals surface area contributed by atoms with Gasteiger partial charge in [0.15, 0.2) is 17.1 Å². The number of amides is 2. The van der Waals surface area contributed by atoms with E-state index in [4.69, 9.17) is 10.5 Å². The number of benzene rings is 1. The summed E-state index contributed by atoms with van der Waals surface area (Å²) in [6.45, 7) is 7.37. The molecule has 7 nitrogen and oxygen atoms in total. The van der Waals surface area contributed by atoms with Crippen LogP contribution in [0.1, 0.15) is 51.5 Å². The van der Waals surface area contributed by atoms with Gasteiger partial charge in [0.25, 0.3) is 0 Å². The van der Waals surface area contributed by atoms with Crippen LogP contribution in [0.25, 0.3) is 0 Å². The molecule has 1 aliphatic rings. The third-order valence-corrected chi connectivity index (χ3v) is 5.08. The van der Waals surface area contributed by atoms with Crippen molar-refractivity contribution in [2.24, 2.45) is 10.9 Å². The standard InChI is InChI=1S/C23H32N4O3/c1-5-6-12-21(16(2)3)27(29)23(28)26-20-13-17(19(24)14-22(20)30-4)15-25-18-10-8-7-9-11-18/h5-6,12-16,18H,1,7-11H2,2-4H3,(H3-,24,25,26,28,29)/p+1/b12-6-,27-21-. The number of hydroxylamine groups is 1. The highest BCUT2D eigenvalue weighted by Crippen LogP contribution is 2.30. The number of nitrogens with zero attached hydrogens (tertiary/aromatic N) is 2. The maximum atomic E-state index is 12.7. The van der Waals surface area contributed by atoms with E-state index in [1.165, 1.54) is 26.4 Å². The summed E-state index contributed by atoms with van der Waals surface area (Å²) < 4.78 is 5.95. The lowest BCUT2D eigenvalue weighted by Crippen LogP contribution is -2.31. The van der Waals surface area contributed by atoms with E-state index >= 15 is 0 Å². The van der Waals surface area contributed by atoms with Crippen molar-refractivity contribution in [3.63, 3.8) is 0 Å². The summed E-state index contributed by atoms with van der Waals surface area (Å²) in [5.41, 5.74) is 8.18. The number of ether oxygens (including phenoxy) is 1. The van der Waals surface area contributed by atoms with Crippen LogP contribution in [0.15, 0.2) is 41.9 Å². The molecule has 0 heterocycles. The highest BCUT2D eigenvalue weighted by atomic mass is 16.5. The zero-order valence-corrected chi connectivity index (χ0v) is 18.1. The molecular weight excluding hydrogens is 380 g/mol. The minimum Gasteiger partial charge on any atom is -0.492 e.